The molecule has 1 fully saturated rings. The molecule has 2 heterocycles. The Labute approximate surface area is 183 Å². The zero-order valence-electron chi connectivity index (χ0n) is 17.0. The summed E-state index contributed by atoms with van der Waals surface area (Å²) in [7, 11) is 0. The van der Waals surface area contributed by atoms with Crippen LogP contribution in [-0.4, -0.2) is 58.5 Å². The lowest BCUT2D eigenvalue weighted by molar-refractivity contribution is -0.127. The highest BCUT2D eigenvalue weighted by Gasteiger charge is 2.18. The number of hydrogen-bond donors (Lipinski definition) is 0. The number of nitrogens with zero attached hydrogens (tertiary/aromatic N) is 3. The number of ether oxygens (including phenoxy) is 1. The molecule has 2 amide bonds. The second-order valence-electron chi connectivity index (χ2n) is 6.77. The first kappa shape index (κ1) is 22.3. The standard InChI is InChI=1S/C21H25N3O4S2/c1-3-9-24-16-8-7-15(20(27)28-4-2)12-17(16)30-21(24)22-18(25)13-29-14-19(26)23-10-5-6-11-23/h3,7-8,12H,1,4-6,9-11,13-14H2,2H3. The summed E-state index contributed by atoms with van der Waals surface area (Å²) >= 11 is 2.63. The summed E-state index contributed by atoms with van der Waals surface area (Å²) in [6.45, 7) is 7.97. The molecule has 2 aromatic rings. The number of carbonyl (C=O) groups is 3. The molecule has 1 aliphatic heterocycles. The van der Waals surface area contributed by atoms with Crippen LogP contribution in [0.1, 0.15) is 30.1 Å². The number of hydrogen-bond acceptors (Lipinski definition) is 6. The molecular formula is C21H25N3O4S2. The summed E-state index contributed by atoms with van der Waals surface area (Å²) in [6.07, 6.45) is 3.84. The first-order valence-corrected chi connectivity index (χ1v) is 11.8. The van der Waals surface area contributed by atoms with Crippen LogP contribution < -0.4 is 4.80 Å². The lowest BCUT2D eigenvalue weighted by atomic mass is 10.2. The maximum atomic E-state index is 12.4. The third kappa shape index (κ3) is 5.40. The lowest BCUT2D eigenvalue weighted by Crippen LogP contribution is -2.29. The fraction of sp³-hybridized carbons (Fsp3) is 0.429. The van der Waals surface area contributed by atoms with Crippen LogP contribution in [0.3, 0.4) is 0 Å². The number of allylic oxidation sites excluding steroid dienone is 1. The third-order valence-corrected chi connectivity index (χ3v) is 6.58. The van der Waals surface area contributed by atoms with Gasteiger partial charge in [0.15, 0.2) is 4.80 Å². The Balaban J connectivity index is 1.75. The minimum Gasteiger partial charge on any atom is -0.462 e. The smallest absolute Gasteiger partial charge is 0.338 e. The monoisotopic (exact) mass is 447 g/mol. The van der Waals surface area contributed by atoms with Crippen molar-refractivity contribution in [2.45, 2.75) is 26.3 Å². The molecule has 0 saturated carbocycles. The molecule has 0 spiro atoms. The molecular weight excluding hydrogens is 422 g/mol. The van der Waals surface area contributed by atoms with Gasteiger partial charge in [0.1, 0.15) is 0 Å². The molecule has 1 aromatic carbocycles. The van der Waals surface area contributed by atoms with E-state index in [4.69, 9.17) is 4.74 Å². The van der Waals surface area contributed by atoms with Gasteiger partial charge in [0.25, 0.3) is 5.91 Å². The van der Waals surface area contributed by atoms with Crippen LogP contribution in [0.4, 0.5) is 0 Å². The molecule has 0 bridgehead atoms. The van der Waals surface area contributed by atoms with E-state index in [1.54, 1.807) is 25.1 Å². The Morgan fingerprint density at radius 3 is 2.73 bits per heavy atom. The molecule has 0 atom stereocenters. The van der Waals surface area contributed by atoms with Gasteiger partial charge in [-0.3, -0.25) is 9.59 Å². The molecule has 0 N–H and O–H groups in total. The number of carbonyl (C=O) groups excluding carboxylic acids is 3. The van der Waals surface area contributed by atoms with E-state index in [-0.39, 0.29) is 23.5 Å². The minimum atomic E-state index is -0.378. The summed E-state index contributed by atoms with van der Waals surface area (Å²) in [5, 5.41) is 0. The van der Waals surface area contributed by atoms with E-state index in [1.165, 1.54) is 23.1 Å². The van der Waals surface area contributed by atoms with Gasteiger partial charge < -0.3 is 14.2 Å². The van der Waals surface area contributed by atoms with Gasteiger partial charge in [-0.1, -0.05) is 17.4 Å². The van der Waals surface area contributed by atoms with E-state index in [2.05, 4.69) is 11.6 Å². The largest absolute Gasteiger partial charge is 0.462 e. The van der Waals surface area contributed by atoms with E-state index in [9.17, 15) is 14.4 Å². The maximum absolute atomic E-state index is 12.4. The normalized spacial score (nSPS) is 14.3. The van der Waals surface area contributed by atoms with E-state index in [0.717, 1.165) is 36.1 Å². The first-order chi connectivity index (χ1) is 14.5. The molecule has 0 aliphatic carbocycles. The van der Waals surface area contributed by atoms with Crippen LogP contribution >= 0.6 is 23.1 Å². The van der Waals surface area contributed by atoms with Gasteiger partial charge in [0.2, 0.25) is 5.91 Å². The van der Waals surface area contributed by atoms with Crippen molar-refractivity contribution in [1.82, 2.24) is 9.47 Å². The number of rotatable bonds is 8. The highest BCUT2D eigenvalue weighted by molar-refractivity contribution is 8.00. The van der Waals surface area contributed by atoms with Gasteiger partial charge >= 0.3 is 5.97 Å². The molecule has 9 heteroatoms. The molecule has 1 aliphatic rings. The highest BCUT2D eigenvalue weighted by Crippen LogP contribution is 2.20. The van der Waals surface area contributed by atoms with Crippen molar-refractivity contribution < 1.29 is 19.1 Å². The summed E-state index contributed by atoms with van der Waals surface area (Å²) in [5.41, 5.74) is 1.33. The molecule has 160 valence electrons. The van der Waals surface area contributed by atoms with Crippen LogP contribution in [0.5, 0.6) is 0 Å². The Hall–Kier alpha value is -2.39. The highest BCUT2D eigenvalue weighted by atomic mass is 32.2. The van der Waals surface area contributed by atoms with Crippen LogP contribution in [0.25, 0.3) is 10.2 Å². The quantitative estimate of drug-likeness (QED) is 0.459. The van der Waals surface area contributed by atoms with E-state index in [0.29, 0.717) is 29.3 Å². The predicted molar refractivity (Wildman–Crippen MR) is 120 cm³/mol. The molecule has 1 aromatic heterocycles. The van der Waals surface area contributed by atoms with Gasteiger partial charge in [0, 0.05) is 19.6 Å². The molecule has 3 rings (SSSR count). The SMILES string of the molecule is C=CCn1c(=NC(=O)CSCC(=O)N2CCCC2)sc2cc(C(=O)OCC)ccc21. The Morgan fingerprint density at radius 1 is 1.27 bits per heavy atom. The fourth-order valence-electron chi connectivity index (χ4n) is 3.23. The zero-order chi connectivity index (χ0) is 21.5. The summed E-state index contributed by atoms with van der Waals surface area (Å²) in [5.74, 6) is -0.138. The summed E-state index contributed by atoms with van der Waals surface area (Å²) < 4.78 is 7.79. The van der Waals surface area contributed by atoms with Gasteiger partial charge in [-0.25, -0.2) is 4.79 Å². The van der Waals surface area contributed by atoms with Crippen LogP contribution in [0.15, 0.2) is 35.8 Å². The molecule has 7 nitrogen and oxygen atoms in total. The number of benzene rings is 1. The van der Waals surface area contributed by atoms with Crippen molar-refractivity contribution in [1.29, 1.82) is 0 Å². The number of amides is 2. The average Bonchev–Trinajstić information content (AvgIpc) is 3.37. The minimum absolute atomic E-state index is 0.0837. The Kier molecular flexibility index (Phi) is 7.87. The van der Waals surface area contributed by atoms with E-state index in [1.807, 2.05) is 15.5 Å². The van der Waals surface area contributed by atoms with Gasteiger partial charge in [0.05, 0.1) is 33.9 Å². The van der Waals surface area contributed by atoms with Crippen molar-refractivity contribution >= 4 is 51.1 Å². The fourth-order valence-corrected chi connectivity index (χ4v) is 5.02. The van der Waals surface area contributed by atoms with Crippen molar-refractivity contribution in [3.8, 4) is 0 Å². The number of thiazole rings is 1. The van der Waals surface area contributed by atoms with E-state index >= 15 is 0 Å². The van der Waals surface area contributed by atoms with Gasteiger partial charge in [-0.05, 0) is 38.0 Å². The number of aromatic nitrogens is 1. The Bertz CT molecular complexity index is 1020. The number of likely N-dealkylation sites (tertiary alicyclic amines) is 1. The van der Waals surface area contributed by atoms with Gasteiger partial charge in [-0.2, -0.15) is 4.99 Å². The molecule has 30 heavy (non-hydrogen) atoms. The molecule has 0 unspecified atom stereocenters. The van der Waals surface area contributed by atoms with E-state index < -0.39 is 0 Å². The average molecular weight is 448 g/mol. The summed E-state index contributed by atoms with van der Waals surface area (Å²) in [6, 6.07) is 5.29. The van der Waals surface area contributed by atoms with Crippen molar-refractivity contribution in [2.24, 2.45) is 4.99 Å². The second-order valence-corrected chi connectivity index (χ2v) is 8.77. The molecule has 1 saturated heterocycles. The number of fused-ring (bicyclic) bond motifs is 1. The van der Waals surface area contributed by atoms with Crippen LogP contribution in [0.2, 0.25) is 0 Å². The predicted octanol–water partition coefficient (Wildman–Crippen LogP) is 2.85. The van der Waals surface area contributed by atoms with Crippen molar-refractivity contribution in [3.63, 3.8) is 0 Å². The van der Waals surface area contributed by atoms with Crippen molar-refractivity contribution in [3.05, 3.63) is 41.2 Å². The Morgan fingerprint density at radius 2 is 2.03 bits per heavy atom. The lowest BCUT2D eigenvalue weighted by Gasteiger charge is -2.14. The zero-order valence-corrected chi connectivity index (χ0v) is 18.6. The number of thioether (sulfide) groups is 1. The number of esters is 1. The van der Waals surface area contributed by atoms with Crippen molar-refractivity contribution in [2.75, 3.05) is 31.2 Å². The third-order valence-electron chi connectivity index (χ3n) is 4.64. The molecule has 0 radical (unpaired) electrons. The summed E-state index contributed by atoms with van der Waals surface area (Å²) in [4.78, 5) is 43.1. The topological polar surface area (TPSA) is 81.0 Å². The maximum Gasteiger partial charge on any atom is 0.338 e. The van der Waals surface area contributed by atoms with Gasteiger partial charge in [-0.15, -0.1) is 18.3 Å². The van der Waals surface area contributed by atoms with Crippen LogP contribution in [0, 0.1) is 0 Å². The first-order valence-electron chi connectivity index (χ1n) is 9.88. The second kappa shape index (κ2) is 10.6. The van der Waals surface area contributed by atoms with Crippen LogP contribution in [-0.2, 0) is 20.9 Å².